The van der Waals surface area contributed by atoms with E-state index in [9.17, 15) is 9.59 Å². The van der Waals surface area contributed by atoms with E-state index in [1.165, 1.54) is 0 Å². The second-order valence-corrected chi connectivity index (χ2v) is 3.05. The molecule has 0 aliphatic rings. The summed E-state index contributed by atoms with van der Waals surface area (Å²) < 4.78 is 0. The van der Waals surface area contributed by atoms with Crippen molar-refractivity contribution < 1.29 is 9.59 Å². The lowest BCUT2D eigenvalue weighted by Crippen LogP contribution is -2.32. The Morgan fingerprint density at radius 2 is 1.92 bits per heavy atom. The summed E-state index contributed by atoms with van der Waals surface area (Å²) in [6.45, 7) is 3.14. The molecule has 0 rings (SSSR count). The van der Waals surface area contributed by atoms with Gasteiger partial charge in [0.25, 0.3) is 0 Å². The van der Waals surface area contributed by atoms with Crippen molar-refractivity contribution in [2.24, 2.45) is 0 Å². The van der Waals surface area contributed by atoms with Crippen molar-refractivity contribution in [3.05, 3.63) is 0 Å². The molecule has 0 bridgehead atoms. The fourth-order valence-corrected chi connectivity index (χ4v) is 1.11. The van der Waals surface area contributed by atoms with Crippen LogP contribution in [0.3, 0.4) is 0 Å². The van der Waals surface area contributed by atoms with Crippen LogP contribution in [0.5, 0.6) is 0 Å². The van der Waals surface area contributed by atoms with Crippen molar-refractivity contribution in [2.75, 3.05) is 7.05 Å². The van der Waals surface area contributed by atoms with Crippen molar-refractivity contribution in [1.82, 2.24) is 5.32 Å². The maximum Gasteiger partial charge on any atom is 0.146 e. The third-order valence-electron chi connectivity index (χ3n) is 1.86. The second kappa shape index (κ2) is 5.89. The summed E-state index contributed by atoms with van der Waals surface area (Å²) >= 11 is 0. The van der Waals surface area contributed by atoms with Gasteiger partial charge in [0, 0.05) is 6.42 Å². The third kappa shape index (κ3) is 5.02. The zero-order chi connectivity index (χ0) is 9.56. The lowest BCUT2D eigenvalue weighted by molar-refractivity contribution is -0.120. The van der Waals surface area contributed by atoms with E-state index in [0.717, 1.165) is 12.8 Å². The Bertz CT molecular complexity index is 166. The predicted octanol–water partition coefficient (Wildman–Crippen LogP) is 0.923. The molecule has 0 amide bonds. The van der Waals surface area contributed by atoms with Crippen LogP contribution in [-0.4, -0.2) is 24.7 Å². The minimum absolute atomic E-state index is 0.0793. The molecule has 0 spiro atoms. The van der Waals surface area contributed by atoms with Gasteiger partial charge in [-0.1, -0.05) is 0 Å². The molecule has 0 fully saturated rings. The molecule has 0 aliphatic heterocycles. The number of Topliss-reactive ketones (excluding diaryl/α,β-unsaturated/α-hetero) is 2. The molecule has 1 unspecified atom stereocenters. The van der Waals surface area contributed by atoms with Crippen molar-refractivity contribution >= 4 is 11.6 Å². The highest BCUT2D eigenvalue weighted by atomic mass is 16.1. The molecule has 1 atom stereocenters. The molecule has 0 saturated carbocycles. The molecule has 0 aliphatic carbocycles. The van der Waals surface area contributed by atoms with Gasteiger partial charge in [-0.3, -0.25) is 4.79 Å². The third-order valence-corrected chi connectivity index (χ3v) is 1.86. The minimum Gasteiger partial charge on any atom is -0.311 e. The van der Waals surface area contributed by atoms with Gasteiger partial charge in [0.2, 0.25) is 0 Å². The molecule has 0 saturated heterocycles. The summed E-state index contributed by atoms with van der Waals surface area (Å²) in [5.41, 5.74) is 0. The number of likely N-dealkylation sites (N-methyl/N-ethyl adjacent to an activating group) is 1. The fraction of sp³-hybridized carbons (Fsp3) is 0.778. The van der Waals surface area contributed by atoms with Crippen LogP contribution in [0.4, 0.5) is 0 Å². The highest BCUT2D eigenvalue weighted by molar-refractivity contribution is 5.81. The number of hydrogen-bond donors (Lipinski definition) is 1. The molecule has 0 heterocycles. The topological polar surface area (TPSA) is 46.2 Å². The smallest absolute Gasteiger partial charge is 0.146 e. The predicted molar refractivity (Wildman–Crippen MR) is 48.1 cm³/mol. The molecule has 0 radical (unpaired) electrons. The molecule has 3 nitrogen and oxygen atoms in total. The van der Waals surface area contributed by atoms with Gasteiger partial charge in [0.1, 0.15) is 11.6 Å². The lowest BCUT2D eigenvalue weighted by Gasteiger charge is -2.10. The van der Waals surface area contributed by atoms with E-state index in [-0.39, 0.29) is 17.6 Å². The number of carbonyl (C=O) groups is 2. The van der Waals surface area contributed by atoms with E-state index >= 15 is 0 Å². The highest BCUT2D eigenvalue weighted by Gasteiger charge is 2.10. The number of nitrogens with one attached hydrogen (secondary N) is 1. The Hall–Kier alpha value is -0.700. The fourth-order valence-electron chi connectivity index (χ4n) is 1.11. The number of ketones is 2. The Labute approximate surface area is 73.5 Å². The van der Waals surface area contributed by atoms with E-state index in [4.69, 9.17) is 0 Å². The van der Waals surface area contributed by atoms with Gasteiger partial charge in [-0.05, 0) is 33.7 Å². The maximum absolute atomic E-state index is 10.9. The monoisotopic (exact) mass is 171 g/mol. The molecular weight excluding hydrogens is 154 g/mol. The quantitative estimate of drug-likeness (QED) is 0.646. The first kappa shape index (κ1) is 11.3. The first-order valence-electron chi connectivity index (χ1n) is 4.25. The van der Waals surface area contributed by atoms with Crippen LogP contribution in [0.25, 0.3) is 0 Å². The van der Waals surface area contributed by atoms with Crippen LogP contribution in [0.15, 0.2) is 0 Å². The van der Waals surface area contributed by atoms with Gasteiger partial charge in [0.15, 0.2) is 0 Å². The van der Waals surface area contributed by atoms with E-state index in [1.54, 1.807) is 20.9 Å². The molecule has 1 N–H and O–H groups in total. The standard InChI is InChI=1S/C9H17NO2/c1-7(11)5-4-6-9(10-3)8(2)12/h9-10H,4-6H2,1-3H3. The summed E-state index contributed by atoms with van der Waals surface area (Å²) in [5, 5.41) is 2.91. The normalized spacial score (nSPS) is 12.6. The second-order valence-electron chi connectivity index (χ2n) is 3.05. The first-order chi connectivity index (χ1) is 5.57. The summed E-state index contributed by atoms with van der Waals surface area (Å²) in [6, 6.07) is -0.0793. The van der Waals surface area contributed by atoms with Crippen LogP contribution in [-0.2, 0) is 9.59 Å². The molecular formula is C9H17NO2. The maximum atomic E-state index is 10.9. The molecule has 0 aromatic carbocycles. The Kier molecular flexibility index (Phi) is 5.54. The highest BCUT2D eigenvalue weighted by Crippen LogP contribution is 2.01. The van der Waals surface area contributed by atoms with Crippen LogP contribution in [0.2, 0.25) is 0 Å². The Morgan fingerprint density at radius 1 is 1.33 bits per heavy atom. The van der Waals surface area contributed by atoms with Gasteiger partial charge in [-0.15, -0.1) is 0 Å². The number of rotatable bonds is 6. The van der Waals surface area contributed by atoms with Crippen LogP contribution < -0.4 is 5.32 Å². The zero-order valence-electron chi connectivity index (χ0n) is 8.02. The summed E-state index contributed by atoms with van der Waals surface area (Å²) in [4.78, 5) is 21.5. The van der Waals surface area contributed by atoms with Crippen LogP contribution in [0, 0.1) is 0 Å². The van der Waals surface area contributed by atoms with Gasteiger partial charge < -0.3 is 10.1 Å². The average Bonchev–Trinajstić information content (AvgIpc) is 1.96. The van der Waals surface area contributed by atoms with Crippen molar-refractivity contribution in [3.63, 3.8) is 0 Å². The lowest BCUT2D eigenvalue weighted by atomic mass is 10.1. The van der Waals surface area contributed by atoms with Crippen LogP contribution in [0.1, 0.15) is 33.1 Å². The zero-order valence-corrected chi connectivity index (χ0v) is 8.02. The van der Waals surface area contributed by atoms with Gasteiger partial charge in [-0.2, -0.15) is 0 Å². The van der Waals surface area contributed by atoms with E-state index < -0.39 is 0 Å². The molecule has 12 heavy (non-hydrogen) atoms. The largest absolute Gasteiger partial charge is 0.311 e. The molecule has 70 valence electrons. The van der Waals surface area contributed by atoms with Gasteiger partial charge in [-0.25, -0.2) is 0 Å². The van der Waals surface area contributed by atoms with Gasteiger partial charge >= 0.3 is 0 Å². The van der Waals surface area contributed by atoms with Crippen molar-refractivity contribution in [3.8, 4) is 0 Å². The summed E-state index contributed by atoms with van der Waals surface area (Å²) in [5.74, 6) is 0.328. The van der Waals surface area contributed by atoms with Crippen molar-refractivity contribution in [1.29, 1.82) is 0 Å². The summed E-state index contributed by atoms with van der Waals surface area (Å²) in [6.07, 6.45) is 2.12. The van der Waals surface area contributed by atoms with Gasteiger partial charge in [0.05, 0.1) is 6.04 Å². The Balaban J connectivity index is 3.59. The van der Waals surface area contributed by atoms with E-state index in [2.05, 4.69) is 5.32 Å². The first-order valence-corrected chi connectivity index (χ1v) is 4.25. The minimum atomic E-state index is -0.0793. The van der Waals surface area contributed by atoms with Crippen molar-refractivity contribution in [2.45, 2.75) is 39.2 Å². The number of hydrogen-bond acceptors (Lipinski definition) is 3. The molecule has 3 heteroatoms. The summed E-state index contributed by atoms with van der Waals surface area (Å²) in [7, 11) is 1.76. The van der Waals surface area contributed by atoms with E-state index in [0.29, 0.717) is 6.42 Å². The molecule has 0 aromatic heterocycles. The average molecular weight is 171 g/mol. The molecule has 0 aromatic rings. The number of carbonyl (C=O) groups excluding carboxylic acids is 2. The Morgan fingerprint density at radius 3 is 2.25 bits per heavy atom. The van der Waals surface area contributed by atoms with Crippen LogP contribution >= 0.6 is 0 Å². The SMILES string of the molecule is CNC(CCCC(C)=O)C(C)=O. The van der Waals surface area contributed by atoms with E-state index in [1.807, 2.05) is 0 Å².